The van der Waals surface area contributed by atoms with Crippen molar-refractivity contribution in [2.24, 2.45) is 0 Å². The van der Waals surface area contributed by atoms with Crippen LogP contribution in [-0.2, 0) is 32.6 Å². The van der Waals surface area contributed by atoms with Crippen LogP contribution >= 0.6 is 0 Å². The Morgan fingerprint density at radius 1 is 0.927 bits per heavy atom. The molecule has 7 nitrogen and oxygen atoms in total. The lowest BCUT2D eigenvalue weighted by atomic mass is 10.00. The van der Waals surface area contributed by atoms with E-state index in [-0.39, 0.29) is 44.2 Å². The van der Waals surface area contributed by atoms with Crippen molar-refractivity contribution in [1.29, 1.82) is 0 Å². The highest BCUT2D eigenvalue weighted by atomic mass is 32.2. The monoisotopic (exact) mass is 581 g/mol. The zero-order chi connectivity index (χ0) is 30.2. The Kier molecular flexibility index (Phi) is 10.7. The number of aryl methyl sites for hydroxylation is 1. The molecule has 0 bridgehead atoms. The lowest BCUT2D eigenvalue weighted by Crippen LogP contribution is -2.54. The number of hydrogen-bond acceptors (Lipinski definition) is 4. The van der Waals surface area contributed by atoms with Gasteiger partial charge in [0.25, 0.3) is 0 Å². The van der Waals surface area contributed by atoms with Crippen LogP contribution in [0.5, 0.6) is 0 Å². The molecule has 3 rings (SSSR count). The Bertz CT molecular complexity index is 1440. The van der Waals surface area contributed by atoms with Gasteiger partial charge < -0.3 is 10.2 Å². The van der Waals surface area contributed by atoms with Crippen LogP contribution in [-0.4, -0.2) is 49.5 Å². The van der Waals surface area contributed by atoms with Crippen LogP contribution in [0.15, 0.2) is 78.9 Å². The average Bonchev–Trinajstić information content (AvgIpc) is 2.89. The zero-order valence-corrected chi connectivity index (χ0v) is 25.2. The number of nitrogens with zero attached hydrogens (tertiary/aromatic N) is 2. The molecular weight excluding hydrogens is 541 g/mol. The third-order valence-electron chi connectivity index (χ3n) is 6.60. The quantitative estimate of drug-likeness (QED) is 0.317. The fourth-order valence-corrected chi connectivity index (χ4v) is 5.67. The molecule has 1 atom stereocenters. The Morgan fingerprint density at radius 3 is 2.15 bits per heavy atom. The van der Waals surface area contributed by atoms with Gasteiger partial charge in [-0.1, -0.05) is 66.7 Å². The van der Waals surface area contributed by atoms with Gasteiger partial charge in [0, 0.05) is 37.0 Å². The number of carbonyl (C=O) groups is 2. The van der Waals surface area contributed by atoms with Gasteiger partial charge in [-0.2, -0.15) is 0 Å². The molecule has 0 saturated carbocycles. The smallest absolute Gasteiger partial charge is 0.243 e. The molecule has 0 aromatic heterocycles. The molecule has 1 unspecified atom stereocenters. The van der Waals surface area contributed by atoms with E-state index in [1.807, 2.05) is 70.2 Å². The fourth-order valence-electron chi connectivity index (χ4n) is 4.64. The average molecular weight is 582 g/mol. The molecule has 0 spiro atoms. The number of rotatable bonds is 12. The highest BCUT2D eigenvalue weighted by Crippen LogP contribution is 2.24. The van der Waals surface area contributed by atoms with Gasteiger partial charge in [-0.05, 0) is 57.4 Å². The summed E-state index contributed by atoms with van der Waals surface area (Å²) in [5, 5.41) is 2.98. The van der Waals surface area contributed by atoms with E-state index in [2.05, 4.69) is 5.32 Å². The van der Waals surface area contributed by atoms with Crippen molar-refractivity contribution in [3.8, 4) is 0 Å². The molecule has 0 aliphatic heterocycles. The number of benzene rings is 3. The van der Waals surface area contributed by atoms with Crippen molar-refractivity contribution in [3.05, 3.63) is 101 Å². The fraction of sp³-hybridized carbons (Fsp3) is 0.375. The van der Waals surface area contributed by atoms with Gasteiger partial charge in [-0.15, -0.1) is 0 Å². The summed E-state index contributed by atoms with van der Waals surface area (Å²) in [6.07, 6.45) is 1.56. The Labute approximate surface area is 243 Å². The molecule has 3 aromatic rings. The highest BCUT2D eigenvalue weighted by Gasteiger charge is 2.32. The molecule has 3 aromatic carbocycles. The molecule has 0 fully saturated rings. The van der Waals surface area contributed by atoms with E-state index in [4.69, 9.17) is 0 Å². The molecule has 0 radical (unpaired) electrons. The summed E-state index contributed by atoms with van der Waals surface area (Å²) in [5.41, 5.74) is 1.95. The van der Waals surface area contributed by atoms with Crippen LogP contribution in [0.1, 0.15) is 50.3 Å². The van der Waals surface area contributed by atoms with Crippen LogP contribution in [0.2, 0.25) is 0 Å². The number of sulfonamides is 1. The van der Waals surface area contributed by atoms with Gasteiger partial charge in [0.15, 0.2) is 0 Å². The van der Waals surface area contributed by atoms with Gasteiger partial charge in [-0.25, -0.2) is 12.8 Å². The Balaban J connectivity index is 1.92. The number of carbonyl (C=O) groups excluding carboxylic acids is 2. The second-order valence-electron chi connectivity index (χ2n) is 11.3. The normalized spacial score (nSPS) is 12.4. The number of amides is 2. The topological polar surface area (TPSA) is 86.8 Å². The van der Waals surface area contributed by atoms with Crippen LogP contribution in [0.4, 0.5) is 10.1 Å². The molecule has 0 heterocycles. The molecule has 1 N–H and O–H groups in total. The predicted octanol–water partition coefficient (Wildman–Crippen LogP) is 5.24. The standard InChI is InChI=1S/C32H40FN3O4S/c1-24-14-9-12-19-28(24)36(41(5,39)40)21-13-20-30(37)35(23-26-17-10-11-18-27(26)33)29(31(38)34-32(2,3)4)22-25-15-7-6-8-16-25/h6-12,14-19,29H,13,20-23H2,1-5H3,(H,34,38). The van der Waals surface area contributed by atoms with Gasteiger partial charge in [0.1, 0.15) is 11.9 Å². The lowest BCUT2D eigenvalue weighted by Gasteiger charge is -2.34. The summed E-state index contributed by atoms with van der Waals surface area (Å²) < 4.78 is 41.4. The summed E-state index contributed by atoms with van der Waals surface area (Å²) in [4.78, 5) is 28.9. The second-order valence-corrected chi connectivity index (χ2v) is 13.2. The summed E-state index contributed by atoms with van der Waals surface area (Å²) in [5.74, 6) is -1.18. The number of para-hydroxylation sites is 1. The minimum absolute atomic E-state index is 0.0273. The Hall–Kier alpha value is -3.72. The van der Waals surface area contributed by atoms with E-state index in [0.29, 0.717) is 11.3 Å². The van der Waals surface area contributed by atoms with E-state index >= 15 is 0 Å². The van der Waals surface area contributed by atoms with Crippen molar-refractivity contribution in [3.63, 3.8) is 0 Å². The van der Waals surface area contributed by atoms with Gasteiger partial charge in [0.05, 0.1) is 11.9 Å². The van der Waals surface area contributed by atoms with E-state index < -0.39 is 27.4 Å². The van der Waals surface area contributed by atoms with Crippen LogP contribution < -0.4 is 9.62 Å². The van der Waals surface area contributed by atoms with Crippen molar-refractivity contribution >= 4 is 27.5 Å². The number of nitrogens with one attached hydrogen (secondary N) is 1. The maximum atomic E-state index is 14.8. The first-order chi connectivity index (χ1) is 19.3. The third-order valence-corrected chi connectivity index (χ3v) is 7.78. The van der Waals surface area contributed by atoms with Crippen molar-refractivity contribution in [2.45, 2.75) is 65.1 Å². The summed E-state index contributed by atoms with van der Waals surface area (Å²) >= 11 is 0. The zero-order valence-electron chi connectivity index (χ0n) is 24.4. The second kappa shape index (κ2) is 13.8. The SMILES string of the molecule is Cc1ccccc1N(CCCC(=O)N(Cc1ccccc1F)C(Cc1ccccc1)C(=O)NC(C)(C)C)S(C)(=O)=O. The van der Waals surface area contributed by atoms with Gasteiger partial charge in [0.2, 0.25) is 21.8 Å². The van der Waals surface area contributed by atoms with E-state index in [9.17, 15) is 22.4 Å². The predicted molar refractivity (Wildman–Crippen MR) is 161 cm³/mol. The maximum absolute atomic E-state index is 14.8. The lowest BCUT2D eigenvalue weighted by molar-refractivity contribution is -0.142. The molecule has 9 heteroatoms. The maximum Gasteiger partial charge on any atom is 0.243 e. The van der Waals surface area contributed by atoms with Crippen molar-refractivity contribution in [1.82, 2.24) is 10.2 Å². The molecular formula is C32H40FN3O4S. The number of anilines is 1. The first-order valence-corrected chi connectivity index (χ1v) is 15.5. The largest absolute Gasteiger partial charge is 0.350 e. The summed E-state index contributed by atoms with van der Waals surface area (Å²) in [6, 6.07) is 21.8. The molecule has 41 heavy (non-hydrogen) atoms. The molecule has 0 saturated heterocycles. The minimum Gasteiger partial charge on any atom is -0.350 e. The third kappa shape index (κ3) is 9.42. The Morgan fingerprint density at radius 2 is 1.54 bits per heavy atom. The molecule has 0 aliphatic carbocycles. The van der Waals surface area contributed by atoms with Crippen molar-refractivity contribution in [2.75, 3.05) is 17.1 Å². The molecule has 2 amide bonds. The highest BCUT2D eigenvalue weighted by molar-refractivity contribution is 7.92. The van der Waals surface area contributed by atoms with E-state index in [0.717, 1.165) is 17.4 Å². The minimum atomic E-state index is -3.61. The molecule has 0 aliphatic rings. The molecule has 220 valence electrons. The summed E-state index contributed by atoms with van der Waals surface area (Å²) in [7, 11) is -3.61. The first kappa shape index (κ1) is 31.8. The van der Waals surface area contributed by atoms with Crippen LogP contribution in [0.3, 0.4) is 0 Å². The van der Waals surface area contributed by atoms with Gasteiger partial charge in [-0.3, -0.25) is 13.9 Å². The van der Waals surface area contributed by atoms with E-state index in [1.54, 1.807) is 30.3 Å². The van der Waals surface area contributed by atoms with Crippen LogP contribution in [0.25, 0.3) is 0 Å². The first-order valence-electron chi connectivity index (χ1n) is 13.7. The van der Waals surface area contributed by atoms with Crippen LogP contribution in [0, 0.1) is 12.7 Å². The van der Waals surface area contributed by atoms with Crippen molar-refractivity contribution < 1.29 is 22.4 Å². The number of halogens is 1. The number of hydrogen-bond donors (Lipinski definition) is 1. The van der Waals surface area contributed by atoms with E-state index in [1.165, 1.54) is 15.3 Å². The summed E-state index contributed by atoms with van der Waals surface area (Å²) in [6.45, 7) is 7.39. The van der Waals surface area contributed by atoms with Gasteiger partial charge >= 0.3 is 0 Å².